The van der Waals surface area contributed by atoms with Crippen molar-refractivity contribution in [2.75, 3.05) is 84.8 Å². The molecule has 7 aliphatic rings. The van der Waals surface area contributed by atoms with Crippen molar-refractivity contribution in [3.05, 3.63) is 83.9 Å². The lowest BCUT2D eigenvalue weighted by Crippen LogP contribution is -2.46. The van der Waals surface area contributed by atoms with Crippen LogP contribution >= 0.6 is 0 Å². The number of aliphatic hydroxyl groups is 1. The number of benzene rings is 2. The number of halogens is 1. The van der Waals surface area contributed by atoms with Crippen LogP contribution in [0.4, 0.5) is 42.9 Å². The van der Waals surface area contributed by atoms with Crippen molar-refractivity contribution in [1.29, 1.82) is 0 Å². The van der Waals surface area contributed by atoms with Gasteiger partial charge in [0.15, 0.2) is 0 Å². The average molecular weight is 1110 g/mol. The summed E-state index contributed by atoms with van der Waals surface area (Å²) in [6.45, 7) is 15.1. The van der Waals surface area contributed by atoms with Crippen LogP contribution in [0.5, 0.6) is 11.8 Å². The molecule has 8 atom stereocenters. The van der Waals surface area contributed by atoms with E-state index in [9.17, 15) is 24.3 Å². The van der Waals surface area contributed by atoms with Gasteiger partial charge in [0.25, 0.3) is 11.8 Å². The maximum absolute atomic E-state index is 16.1. The van der Waals surface area contributed by atoms with Crippen LogP contribution in [0.15, 0.2) is 67.0 Å². The standard InChI is InChI=1S/C58H67FN12O10/c1-7-68-30-56(4,5)80-48-44(50(68)73)46(64-52(66-48)70-19-20-77-28-32(70)3)34-9-12-37(13-10-34)62-55(76)78-29-36-21-33(22-42(36)72)24-57(6)31-69(8-2)51(74)45-47(65-53(67-49(45)81-57)71-27-39-25-58(71)26-43(58)79-39)35-11-14-41(40(59)23-35)63-54(75)61-38-15-17-60-18-16-38/h9-18,23,32-33,36,39,42-43,72H,7-8,19-22,24-31H2,1-6H3,(H,62,76)(H2,60,61,63,75)/t32-,33?,36?,39?,42+,43?,57?,58?/m0/s1. The number of carbonyl (C=O) groups is 4. The zero-order valence-electron chi connectivity index (χ0n) is 46.2. The Hall–Kier alpha value is -7.76. The van der Waals surface area contributed by atoms with Gasteiger partial charge < -0.3 is 59.0 Å². The molecular formula is C58H67FN12O10. The number of anilines is 5. The molecule has 1 spiro atoms. The van der Waals surface area contributed by atoms with E-state index < -0.39 is 35.2 Å². The SMILES string of the molecule is CCN1CC(C)(C)Oc2nc(N3CCOC[C@@H]3C)nc(-c3ccc(NC(=O)OCC4CC(CC5(C)CN(CC)C(=O)c6c(nc(N7CC8CC79CC9O8)nc6-c6ccc(NC(=O)Nc7ccncc7)c(F)c6)O5)C[C@H]4O)cc3)c2C1=O. The zero-order valence-corrected chi connectivity index (χ0v) is 46.2. The first-order valence-corrected chi connectivity index (χ1v) is 28.0. The summed E-state index contributed by atoms with van der Waals surface area (Å²) in [4.78, 5) is 86.6. The number of likely N-dealkylation sites (N-methyl/N-ethyl adjacent to an activating group) is 2. The number of amides is 5. The molecule has 2 bridgehead atoms. The lowest BCUT2D eigenvalue weighted by atomic mass is 9.89. The van der Waals surface area contributed by atoms with Crippen LogP contribution in [0.3, 0.4) is 0 Å². The highest BCUT2D eigenvalue weighted by atomic mass is 19.1. The number of aromatic nitrogens is 5. The maximum atomic E-state index is 16.1. The van der Waals surface area contributed by atoms with Crippen molar-refractivity contribution in [2.24, 2.45) is 11.8 Å². The minimum Gasteiger partial charge on any atom is -0.469 e. The predicted octanol–water partition coefficient (Wildman–Crippen LogP) is 7.40. The minimum absolute atomic E-state index is 0.00909. The fourth-order valence-corrected chi connectivity index (χ4v) is 12.8. The summed E-state index contributed by atoms with van der Waals surface area (Å²) < 4.78 is 47.2. The Bertz CT molecular complexity index is 3290. The molecule has 5 fully saturated rings. The van der Waals surface area contributed by atoms with Gasteiger partial charge in [-0.15, -0.1) is 0 Å². The number of fused-ring (bicyclic) bond motifs is 3. The van der Waals surface area contributed by atoms with E-state index in [1.54, 1.807) is 52.3 Å². The predicted molar refractivity (Wildman–Crippen MR) is 296 cm³/mol. The van der Waals surface area contributed by atoms with Crippen molar-refractivity contribution >= 4 is 52.9 Å². The van der Waals surface area contributed by atoms with Gasteiger partial charge in [0.2, 0.25) is 23.7 Å². The largest absolute Gasteiger partial charge is 0.469 e. The molecule has 0 radical (unpaired) electrons. The van der Waals surface area contributed by atoms with E-state index in [2.05, 4.69) is 30.7 Å². The quantitative estimate of drug-likeness (QED) is 0.0897. The molecule has 81 heavy (non-hydrogen) atoms. The Balaban J connectivity index is 0.741. The molecule has 23 heteroatoms. The molecule has 2 aliphatic carbocycles. The van der Waals surface area contributed by atoms with Crippen LogP contribution in [0.25, 0.3) is 22.5 Å². The molecule has 2 saturated carbocycles. The second kappa shape index (κ2) is 21.0. The highest BCUT2D eigenvalue weighted by Gasteiger charge is 2.71. The third kappa shape index (κ3) is 10.5. The van der Waals surface area contributed by atoms with E-state index >= 15 is 4.39 Å². The molecule has 5 amide bonds. The third-order valence-electron chi connectivity index (χ3n) is 16.7. The fourth-order valence-electron chi connectivity index (χ4n) is 12.8. The summed E-state index contributed by atoms with van der Waals surface area (Å²) in [6, 6.07) is 13.8. The first-order valence-electron chi connectivity index (χ1n) is 28.0. The van der Waals surface area contributed by atoms with Gasteiger partial charge in [-0.25, -0.2) is 23.9 Å². The van der Waals surface area contributed by atoms with E-state index in [-0.39, 0.29) is 94.9 Å². The number of hydrogen-bond acceptors (Lipinski definition) is 17. The van der Waals surface area contributed by atoms with Crippen molar-refractivity contribution in [2.45, 2.75) is 115 Å². The summed E-state index contributed by atoms with van der Waals surface area (Å²) in [6.07, 6.45) is 4.62. The molecule has 12 rings (SSSR count). The molecular weight excluding hydrogens is 1040 g/mol. The molecule has 5 aliphatic heterocycles. The number of nitrogens with one attached hydrogen (secondary N) is 3. The summed E-state index contributed by atoms with van der Waals surface area (Å²) in [5.74, 6) is -0.751. The van der Waals surface area contributed by atoms with Gasteiger partial charge >= 0.3 is 12.1 Å². The zero-order chi connectivity index (χ0) is 56.5. The number of pyridine rings is 1. The van der Waals surface area contributed by atoms with E-state index in [1.165, 1.54) is 24.5 Å². The van der Waals surface area contributed by atoms with Crippen LogP contribution in [0, 0.1) is 17.7 Å². The van der Waals surface area contributed by atoms with E-state index in [0.717, 1.165) is 12.8 Å². The molecule has 4 N–H and O–H groups in total. The first-order chi connectivity index (χ1) is 38.9. The van der Waals surface area contributed by atoms with Crippen LogP contribution < -0.4 is 35.2 Å². The van der Waals surface area contributed by atoms with Crippen LogP contribution in [0.1, 0.15) is 94.4 Å². The second-order valence-electron chi connectivity index (χ2n) is 23.3. The highest BCUT2D eigenvalue weighted by Crippen LogP contribution is 2.60. The van der Waals surface area contributed by atoms with Crippen molar-refractivity contribution in [1.82, 2.24) is 34.7 Å². The highest BCUT2D eigenvalue weighted by molar-refractivity contribution is 6.04. The average Bonchev–Trinajstić information content (AvgIpc) is 3.85. The normalized spacial score (nSPS) is 27.1. The number of carbonyl (C=O) groups excluding carboxylic acids is 4. The van der Waals surface area contributed by atoms with Crippen LogP contribution in [-0.2, 0) is 14.2 Å². The molecule has 3 aromatic heterocycles. The molecule has 5 aromatic rings. The lowest BCUT2D eigenvalue weighted by molar-refractivity contribution is 0.0269. The lowest BCUT2D eigenvalue weighted by Gasteiger charge is -2.34. The van der Waals surface area contributed by atoms with Gasteiger partial charge in [-0.3, -0.25) is 19.9 Å². The van der Waals surface area contributed by atoms with Gasteiger partial charge in [-0.1, -0.05) is 18.2 Å². The number of hydrogen-bond donors (Lipinski definition) is 4. The second-order valence-corrected chi connectivity index (χ2v) is 23.3. The summed E-state index contributed by atoms with van der Waals surface area (Å²) in [5.41, 5.74) is 0.760. The van der Waals surface area contributed by atoms with Crippen LogP contribution in [0.2, 0.25) is 0 Å². The van der Waals surface area contributed by atoms with Crippen molar-refractivity contribution in [3.8, 4) is 34.3 Å². The number of urea groups is 1. The number of ether oxygens (including phenoxy) is 5. The Morgan fingerprint density at radius 1 is 0.815 bits per heavy atom. The first kappa shape index (κ1) is 53.9. The number of morpholine rings is 2. The molecule has 6 unspecified atom stereocenters. The topological polar surface area (TPSA) is 248 Å². The molecule has 8 heterocycles. The Morgan fingerprint density at radius 2 is 1.49 bits per heavy atom. The smallest absolute Gasteiger partial charge is 0.411 e. The van der Waals surface area contributed by atoms with Crippen molar-refractivity contribution < 1.29 is 52.4 Å². The summed E-state index contributed by atoms with van der Waals surface area (Å²) >= 11 is 0. The number of rotatable bonds is 13. The van der Waals surface area contributed by atoms with Crippen LogP contribution in [-0.4, -0.2) is 164 Å². The minimum atomic E-state index is -1.00. The Morgan fingerprint density at radius 3 is 2.20 bits per heavy atom. The fraction of sp³-hybridized carbons (Fsp3) is 0.500. The summed E-state index contributed by atoms with van der Waals surface area (Å²) in [7, 11) is 0. The number of nitrogens with zero attached hydrogens (tertiary/aromatic N) is 9. The van der Waals surface area contributed by atoms with Gasteiger partial charge in [-0.05, 0) is 103 Å². The number of aliphatic hydroxyl groups excluding tert-OH is 1. The van der Waals surface area contributed by atoms with Gasteiger partial charge in [0.1, 0.15) is 28.1 Å². The molecule has 2 aromatic carbocycles. The van der Waals surface area contributed by atoms with Gasteiger partial charge in [0.05, 0.1) is 79.9 Å². The Kier molecular flexibility index (Phi) is 13.9. The van der Waals surface area contributed by atoms with E-state index in [4.69, 9.17) is 43.6 Å². The molecule has 22 nitrogen and oxygen atoms in total. The maximum Gasteiger partial charge on any atom is 0.411 e. The summed E-state index contributed by atoms with van der Waals surface area (Å²) in [5, 5.41) is 19.5. The monoisotopic (exact) mass is 1110 g/mol. The molecule has 426 valence electrons. The third-order valence-corrected chi connectivity index (χ3v) is 16.7. The van der Waals surface area contributed by atoms with Crippen molar-refractivity contribution in [3.63, 3.8) is 0 Å². The van der Waals surface area contributed by atoms with Gasteiger partial charge in [-0.2, -0.15) is 9.97 Å². The van der Waals surface area contributed by atoms with E-state index in [0.29, 0.717) is 105 Å². The van der Waals surface area contributed by atoms with Gasteiger partial charge in [0, 0.05) is 79.8 Å². The van der Waals surface area contributed by atoms with E-state index in [1.807, 2.05) is 41.5 Å². The Labute approximate surface area is 468 Å². The molecule has 3 saturated heterocycles.